The van der Waals surface area contributed by atoms with Crippen LogP contribution < -0.4 is 5.14 Å². The van der Waals surface area contributed by atoms with Gasteiger partial charge in [-0.25, -0.2) is 23.5 Å². The summed E-state index contributed by atoms with van der Waals surface area (Å²) in [7, 11) is -3.61. The molecule has 1 aliphatic heterocycles. The molecule has 2 aliphatic rings. The van der Waals surface area contributed by atoms with Crippen LogP contribution in [0.1, 0.15) is 6.42 Å². The second kappa shape index (κ2) is 2.61. The van der Waals surface area contributed by atoms with Crippen LogP contribution in [0.15, 0.2) is 32.7 Å². The van der Waals surface area contributed by atoms with Gasteiger partial charge in [0.15, 0.2) is 0 Å². The molecule has 0 saturated heterocycles. The van der Waals surface area contributed by atoms with Crippen LogP contribution >= 0.6 is 0 Å². The first kappa shape index (κ1) is 8.33. The molecule has 0 saturated carbocycles. The Morgan fingerprint density at radius 1 is 1.46 bits per heavy atom. The maximum absolute atomic E-state index is 10.9. The van der Waals surface area contributed by atoms with Crippen LogP contribution in [0.5, 0.6) is 0 Å². The van der Waals surface area contributed by atoms with Crippen molar-refractivity contribution in [3.63, 3.8) is 0 Å². The zero-order valence-corrected chi connectivity index (χ0v) is 7.45. The van der Waals surface area contributed by atoms with Gasteiger partial charge in [0.2, 0.25) is 10.0 Å². The van der Waals surface area contributed by atoms with Crippen molar-refractivity contribution in [2.45, 2.75) is 6.42 Å². The molecule has 1 heterocycles. The van der Waals surface area contributed by atoms with Gasteiger partial charge < -0.3 is 0 Å². The van der Waals surface area contributed by atoms with Crippen molar-refractivity contribution in [3.05, 3.63) is 22.8 Å². The average molecular weight is 197 g/mol. The summed E-state index contributed by atoms with van der Waals surface area (Å²) in [4.78, 5) is 7.96. The van der Waals surface area contributed by atoms with Gasteiger partial charge in [-0.3, -0.25) is 0 Å². The minimum absolute atomic E-state index is 0.112. The van der Waals surface area contributed by atoms with Gasteiger partial charge in [0.25, 0.3) is 0 Å². The van der Waals surface area contributed by atoms with Crippen LogP contribution in [0.2, 0.25) is 0 Å². The van der Waals surface area contributed by atoms with Gasteiger partial charge in [0, 0.05) is 6.42 Å². The monoisotopic (exact) mass is 197 g/mol. The highest BCUT2D eigenvalue weighted by Crippen LogP contribution is 2.21. The lowest BCUT2D eigenvalue weighted by molar-refractivity contribution is 0.604. The summed E-state index contributed by atoms with van der Waals surface area (Å²) < 4.78 is 21.9. The van der Waals surface area contributed by atoms with Gasteiger partial charge in [-0.05, 0) is 6.08 Å². The van der Waals surface area contributed by atoms with Gasteiger partial charge in [-0.15, -0.1) is 0 Å². The van der Waals surface area contributed by atoms with Gasteiger partial charge in [0.05, 0.1) is 16.3 Å². The molecule has 2 rings (SSSR count). The molecule has 1 aliphatic carbocycles. The molecule has 2 N–H and O–H groups in total. The van der Waals surface area contributed by atoms with Gasteiger partial charge in [-0.1, -0.05) is 6.08 Å². The molecule has 0 bridgehead atoms. The van der Waals surface area contributed by atoms with E-state index < -0.39 is 10.0 Å². The molecule has 0 fully saturated rings. The van der Waals surface area contributed by atoms with Crippen molar-refractivity contribution in [2.75, 3.05) is 0 Å². The quantitative estimate of drug-likeness (QED) is 0.638. The van der Waals surface area contributed by atoms with Gasteiger partial charge >= 0.3 is 0 Å². The Labute approximate surface area is 75.4 Å². The van der Waals surface area contributed by atoms with Crippen molar-refractivity contribution >= 4 is 22.1 Å². The number of sulfonamides is 1. The molecule has 5 nitrogen and oxygen atoms in total. The molecular formula is C7H7N3O2S. The van der Waals surface area contributed by atoms with E-state index in [1.165, 1.54) is 18.5 Å². The number of hydrogen-bond acceptors (Lipinski definition) is 4. The first-order valence-corrected chi connectivity index (χ1v) is 5.16. The maximum atomic E-state index is 10.9. The van der Waals surface area contributed by atoms with Crippen molar-refractivity contribution in [1.82, 2.24) is 0 Å². The molecule has 0 spiro atoms. The Kier molecular flexibility index (Phi) is 1.67. The Balaban J connectivity index is 2.44. The van der Waals surface area contributed by atoms with Crippen LogP contribution in [-0.4, -0.2) is 20.5 Å². The smallest absolute Gasteiger partial charge is 0.237 e. The molecule has 13 heavy (non-hydrogen) atoms. The predicted molar refractivity (Wildman–Crippen MR) is 49.8 cm³/mol. The van der Waals surface area contributed by atoms with Crippen LogP contribution in [0, 0.1) is 0 Å². The number of rotatable bonds is 1. The fourth-order valence-corrected chi connectivity index (χ4v) is 1.76. The molecule has 0 amide bonds. The minimum atomic E-state index is -3.61. The highest BCUT2D eigenvalue weighted by atomic mass is 32.2. The minimum Gasteiger partial charge on any atom is -0.239 e. The van der Waals surface area contributed by atoms with Crippen LogP contribution in [0.4, 0.5) is 0 Å². The average Bonchev–Trinajstić information content (AvgIpc) is 2.47. The molecule has 0 aromatic carbocycles. The van der Waals surface area contributed by atoms with Crippen LogP contribution in [-0.2, 0) is 10.0 Å². The first-order valence-electron chi connectivity index (χ1n) is 3.61. The first-order chi connectivity index (χ1) is 6.07. The zero-order chi connectivity index (χ0) is 9.47. The summed E-state index contributed by atoms with van der Waals surface area (Å²) in [5.74, 6) is 0. The lowest BCUT2D eigenvalue weighted by atomic mass is 10.1. The largest absolute Gasteiger partial charge is 0.239 e. The zero-order valence-electron chi connectivity index (χ0n) is 6.64. The summed E-state index contributed by atoms with van der Waals surface area (Å²) in [6, 6.07) is 0. The predicted octanol–water partition coefficient (Wildman–Crippen LogP) is -0.0707. The molecule has 0 radical (unpaired) electrons. The molecule has 0 unspecified atom stereocenters. The third kappa shape index (κ3) is 1.45. The summed E-state index contributed by atoms with van der Waals surface area (Å²) in [5.41, 5.74) is 1.37. The fraction of sp³-hybridized carbons (Fsp3) is 0.143. The summed E-state index contributed by atoms with van der Waals surface area (Å²) in [6.45, 7) is 0. The van der Waals surface area contributed by atoms with E-state index in [0.29, 0.717) is 12.1 Å². The number of hydrogen-bond donors (Lipinski definition) is 1. The second-order valence-electron chi connectivity index (χ2n) is 2.71. The Morgan fingerprint density at radius 3 is 2.92 bits per heavy atom. The summed E-state index contributed by atoms with van der Waals surface area (Å²) in [5, 5.41) is 4.96. The summed E-state index contributed by atoms with van der Waals surface area (Å²) >= 11 is 0. The lowest BCUT2D eigenvalue weighted by Gasteiger charge is -2.07. The number of nitrogens with two attached hydrogens (primary N) is 1. The van der Waals surface area contributed by atoms with E-state index in [9.17, 15) is 8.42 Å². The molecule has 0 aromatic heterocycles. The van der Waals surface area contributed by atoms with Crippen molar-refractivity contribution in [2.24, 2.45) is 15.1 Å². The second-order valence-corrected chi connectivity index (χ2v) is 4.27. The van der Waals surface area contributed by atoms with Crippen molar-refractivity contribution < 1.29 is 8.42 Å². The van der Waals surface area contributed by atoms with Crippen molar-refractivity contribution in [1.29, 1.82) is 0 Å². The van der Waals surface area contributed by atoms with E-state index >= 15 is 0 Å². The van der Waals surface area contributed by atoms with Crippen molar-refractivity contribution in [3.8, 4) is 0 Å². The molecule has 6 heteroatoms. The molecular weight excluding hydrogens is 190 g/mol. The third-order valence-corrected chi connectivity index (χ3v) is 2.75. The third-order valence-electron chi connectivity index (χ3n) is 1.81. The number of fused-ring (bicyclic) bond motifs is 1. The highest BCUT2D eigenvalue weighted by molar-refractivity contribution is 7.93. The van der Waals surface area contributed by atoms with Gasteiger partial charge in [0.1, 0.15) is 6.34 Å². The Morgan fingerprint density at radius 2 is 2.23 bits per heavy atom. The van der Waals surface area contributed by atoms with E-state index in [1.54, 1.807) is 0 Å². The number of nitrogens with zero attached hydrogens (tertiary/aromatic N) is 2. The van der Waals surface area contributed by atoms with E-state index in [0.717, 1.165) is 5.71 Å². The normalized spacial score (nSPS) is 20.5. The van der Waals surface area contributed by atoms with Gasteiger partial charge in [-0.2, -0.15) is 0 Å². The Hall–Kier alpha value is -1.27. The molecule has 0 aromatic rings. The number of aliphatic imine (C=N–C) groups is 2. The van der Waals surface area contributed by atoms with E-state index in [2.05, 4.69) is 9.98 Å². The standard InChI is InChI=1S/C7H7N3O2S/c8-13(11,12)5-1-2-6-7(3-5)10-4-9-6/h1,3-4H,2H2,(H2,8,11,12). The van der Waals surface area contributed by atoms with E-state index in [4.69, 9.17) is 5.14 Å². The number of primary sulfonamides is 1. The highest BCUT2D eigenvalue weighted by Gasteiger charge is 2.19. The van der Waals surface area contributed by atoms with Crippen LogP contribution in [0.25, 0.3) is 0 Å². The number of allylic oxidation sites excluding steroid dienone is 3. The summed E-state index contributed by atoms with van der Waals surface area (Å²) in [6.07, 6.45) is 4.84. The topological polar surface area (TPSA) is 84.9 Å². The SMILES string of the molecule is NS(=O)(=O)C1=CCC2=NC=NC2=C1. The maximum Gasteiger partial charge on any atom is 0.237 e. The molecule has 0 atom stereocenters. The fourth-order valence-electron chi connectivity index (χ4n) is 1.17. The Bertz CT molecular complexity index is 468. The van der Waals surface area contributed by atoms with E-state index in [1.807, 2.05) is 0 Å². The van der Waals surface area contributed by atoms with Crippen LogP contribution in [0.3, 0.4) is 0 Å². The lowest BCUT2D eigenvalue weighted by Crippen LogP contribution is -2.16. The van der Waals surface area contributed by atoms with E-state index in [-0.39, 0.29) is 4.91 Å². The molecule has 68 valence electrons.